The van der Waals surface area contributed by atoms with Gasteiger partial charge in [-0.3, -0.25) is 0 Å². The summed E-state index contributed by atoms with van der Waals surface area (Å²) in [6.45, 7) is 0. The average Bonchev–Trinajstić information content (AvgIpc) is 2.98. The SMILES string of the molecule is N#Cc1c(-c2ccccc2)c2c(N)nn(-c3ccccc3)c2oc1=O. The number of benzene rings is 2. The van der Waals surface area contributed by atoms with Crippen LogP contribution in [0.25, 0.3) is 27.9 Å². The van der Waals surface area contributed by atoms with Crippen molar-refractivity contribution in [3.8, 4) is 22.9 Å². The summed E-state index contributed by atoms with van der Waals surface area (Å²) in [7, 11) is 0. The molecule has 0 aliphatic rings. The minimum atomic E-state index is -0.717. The van der Waals surface area contributed by atoms with Crippen LogP contribution in [0.15, 0.2) is 69.9 Å². The van der Waals surface area contributed by atoms with Gasteiger partial charge < -0.3 is 10.2 Å². The standard InChI is InChI=1S/C19H12N4O2/c20-11-14-15(12-7-3-1-4-8-12)16-17(21)22-23(18(16)25-19(14)24)13-9-5-2-6-10-13/h1-10H,(H2,21,22). The molecule has 0 unspecified atom stereocenters. The minimum Gasteiger partial charge on any atom is -0.402 e. The van der Waals surface area contributed by atoms with E-state index in [2.05, 4.69) is 5.10 Å². The number of fused-ring (bicyclic) bond motifs is 1. The predicted molar refractivity (Wildman–Crippen MR) is 94.2 cm³/mol. The van der Waals surface area contributed by atoms with Gasteiger partial charge >= 0.3 is 5.63 Å². The number of anilines is 1. The third kappa shape index (κ3) is 2.26. The second kappa shape index (κ2) is 5.65. The molecule has 0 saturated carbocycles. The third-order valence-corrected chi connectivity index (χ3v) is 3.94. The number of aromatic nitrogens is 2. The van der Waals surface area contributed by atoms with Crippen LogP contribution in [0.2, 0.25) is 0 Å². The molecule has 0 fully saturated rings. The van der Waals surface area contributed by atoms with E-state index in [-0.39, 0.29) is 17.1 Å². The molecule has 2 aromatic heterocycles. The number of hydrogen-bond donors (Lipinski definition) is 1. The fraction of sp³-hybridized carbons (Fsp3) is 0. The monoisotopic (exact) mass is 328 g/mol. The maximum atomic E-state index is 12.4. The van der Waals surface area contributed by atoms with Crippen molar-refractivity contribution in [3.63, 3.8) is 0 Å². The van der Waals surface area contributed by atoms with Gasteiger partial charge in [0.2, 0.25) is 5.71 Å². The molecule has 0 aliphatic carbocycles. The highest BCUT2D eigenvalue weighted by molar-refractivity contribution is 6.01. The van der Waals surface area contributed by atoms with E-state index in [1.165, 1.54) is 4.68 Å². The molecule has 2 N–H and O–H groups in total. The Bertz CT molecular complexity index is 1170. The first-order valence-corrected chi connectivity index (χ1v) is 7.57. The summed E-state index contributed by atoms with van der Waals surface area (Å²) in [6.07, 6.45) is 0. The topological polar surface area (TPSA) is 97.8 Å². The van der Waals surface area contributed by atoms with Crippen LogP contribution in [0.3, 0.4) is 0 Å². The first-order valence-electron chi connectivity index (χ1n) is 7.57. The van der Waals surface area contributed by atoms with Gasteiger partial charge in [-0.25, -0.2) is 4.79 Å². The molecule has 0 aliphatic heterocycles. The molecular formula is C19H12N4O2. The van der Waals surface area contributed by atoms with Gasteiger partial charge in [-0.15, -0.1) is 5.10 Å². The van der Waals surface area contributed by atoms with Crippen molar-refractivity contribution in [2.75, 3.05) is 5.73 Å². The van der Waals surface area contributed by atoms with Crippen molar-refractivity contribution >= 4 is 16.9 Å². The van der Waals surface area contributed by atoms with Gasteiger partial charge in [0.25, 0.3) is 0 Å². The lowest BCUT2D eigenvalue weighted by Gasteiger charge is -2.06. The first-order chi connectivity index (χ1) is 12.2. The average molecular weight is 328 g/mol. The zero-order valence-corrected chi connectivity index (χ0v) is 13.0. The van der Waals surface area contributed by atoms with Crippen LogP contribution in [0.1, 0.15) is 5.56 Å². The fourth-order valence-corrected chi connectivity index (χ4v) is 2.85. The predicted octanol–water partition coefficient (Wildman–Crippen LogP) is 3.10. The third-order valence-electron chi connectivity index (χ3n) is 3.94. The van der Waals surface area contributed by atoms with Crippen LogP contribution in [0.5, 0.6) is 0 Å². The molecule has 2 aromatic carbocycles. The maximum absolute atomic E-state index is 12.4. The van der Waals surface area contributed by atoms with Gasteiger partial charge in [-0.1, -0.05) is 48.5 Å². The second-order valence-corrected chi connectivity index (χ2v) is 5.43. The molecule has 2 heterocycles. The Hall–Kier alpha value is -3.85. The zero-order chi connectivity index (χ0) is 17.4. The van der Waals surface area contributed by atoms with Crippen molar-refractivity contribution in [2.24, 2.45) is 0 Å². The van der Waals surface area contributed by atoms with E-state index in [9.17, 15) is 10.1 Å². The number of nitrogen functional groups attached to an aromatic ring is 1. The van der Waals surface area contributed by atoms with Crippen LogP contribution in [-0.4, -0.2) is 9.78 Å². The Morgan fingerprint density at radius 3 is 2.32 bits per heavy atom. The minimum absolute atomic E-state index is 0.0852. The van der Waals surface area contributed by atoms with Crippen LogP contribution in [0, 0.1) is 11.3 Å². The molecular weight excluding hydrogens is 316 g/mol. The van der Waals surface area contributed by atoms with E-state index in [0.29, 0.717) is 22.2 Å². The summed E-state index contributed by atoms with van der Waals surface area (Å²) in [5.74, 6) is 0.193. The number of nitriles is 1. The van der Waals surface area contributed by atoms with Crippen molar-refractivity contribution in [2.45, 2.75) is 0 Å². The van der Waals surface area contributed by atoms with Gasteiger partial charge in [0.05, 0.1) is 11.1 Å². The fourth-order valence-electron chi connectivity index (χ4n) is 2.85. The summed E-state index contributed by atoms with van der Waals surface area (Å²) in [5, 5.41) is 14.2. The lowest BCUT2D eigenvalue weighted by molar-refractivity contribution is 0.534. The van der Waals surface area contributed by atoms with Crippen LogP contribution < -0.4 is 11.4 Å². The lowest BCUT2D eigenvalue weighted by atomic mass is 9.99. The number of nitrogens with zero attached hydrogens (tertiary/aromatic N) is 3. The molecule has 0 amide bonds. The van der Waals surface area contributed by atoms with Crippen molar-refractivity contribution in [3.05, 3.63) is 76.6 Å². The lowest BCUT2D eigenvalue weighted by Crippen LogP contribution is -2.08. The summed E-state index contributed by atoms with van der Waals surface area (Å²) in [6, 6.07) is 20.3. The van der Waals surface area contributed by atoms with Crippen LogP contribution >= 0.6 is 0 Å². The molecule has 0 spiro atoms. The highest BCUT2D eigenvalue weighted by Gasteiger charge is 2.23. The normalized spacial score (nSPS) is 10.7. The Kier molecular flexibility index (Phi) is 3.33. The van der Waals surface area contributed by atoms with Crippen molar-refractivity contribution in [1.82, 2.24) is 9.78 Å². The number of rotatable bonds is 2. The van der Waals surface area contributed by atoms with Gasteiger partial charge in [0, 0.05) is 5.56 Å². The zero-order valence-electron chi connectivity index (χ0n) is 13.0. The van der Waals surface area contributed by atoms with E-state index < -0.39 is 5.63 Å². The van der Waals surface area contributed by atoms with E-state index in [1.54, 1.807) is 0 Å². The van der Waals surface area contributed by atoms with Gasteiger partial charge in [-0.05, 0) is 17.7 Å². The molecule has 120 valence electrons. The molecule has 4 rings (SSSR count). The molecule has 25 heavy (non-hydrogen) atoms. The van der Waals surface area contributed by atoms with Crippen LogP contribution in [0.4, 0.5) is 5.82 Å². The van der Waals surface area contributed by atoms with Gasteiger partial charge in [0.15, 0.2) is 5.82 Å². The summed E-state index contributed by atoms with van der Waals surface area (Å²) in [4.78, 5) is 12.4. The Morgan fingerprint density at radius 1 is 1.04 bits per heavy atom. The summed E-state index contributed by atoms with van der Waals surface area (Å²) >= 11 is 0. The van der Waals surface area contributed by atoms with Crippen molar-refractivity contribution in [1.29, 1.82) is 5.26 Å². The summed E-state index contributed by atoms with van der Waals surface area (Å²) in [5.41, 5.74) is 7.38. The molecule has 0 radical (unpaired) electrons. The van der Waals surface area contributed by atoms with Crippen LogP contribution in [-0.2, 0) is 0 Å². The highest BCUT2D eigenvalue weighted by atomic mass is 16.4. The van der Waals surface area contributed by atoms with E-state index in [1.807, 2.05) is 66.7 Å². The largest absolute Gasteiger partial charge is 0.402 e. The molecule has 0 saturated heterocycles. The Morgan fingerprint density at radius 2 is 1.68 bits per heavy atom. The molecule has 0 atom stereocenters. The van der Waals surface area contributed by atoms with Crippen molar-refractivity contribution < 1.29 is 4.42 Å². The number of para-hydroxylation sites is 1. The molecule has 0 bridgehead atoms. The van der Waals surface area contributed by atoms with E-state index in [0.717, 1.165) is 0 Å². The quantitative estimate of drug-likeness (QED) is 0.609. The van der Waals surface area contributed by atoms with Gasteiger partial charge in [-0.2, -0.15) is 9.94 Å². The highest BCUT2D eigenvalue weighted by Crippen LogP contribution is 2.34. The summed E-state index contributed by atoms with van der Waals surface area (Å²) < 4.78 is 6.87. The molecule has 4 aromatic rings. The Labute approximate surface area is 142 Å². The first kappa shape index (κ1) is 14.7. The van der Waals surface area contributed by atoms with E-state index in [4.69, 9.17) is 10.2 Å². The van der Waals surface area contributed by atoms with Gasteiger partial charge in [0.1, 0.15) is 11.6 Å². The molecule has 6 nitrogen and oxygen atoms in total. The second-order valence-electron chi connectivity index (χ2n) is 5.43. The smallest absolute Gasteiger partial charge is 0.356 e. The Balaban J connectivity index is 2.16. The molecule has 6 heteroatoms. The number of hydrogen-bond acceptors (Lipinski definition) is 5. The maximum Gasteiger partial charge on any atom is 0.356 e. The van der Waals surface area contributed by atoms with E-state index >= 15 is 0 Å². The number of nitrogens with two attached hydrogens (primary N) is 1.